The van der Waals surface area contributed by atoms with Gasteiger partial charge in [0, 0.05) is 6.07 Å². The molecular weight excluding hydrogens is 265 g/mol. The Morgan fingerprint density at radius 2 is 2.27 bits per heavy atom. The van der Waals surface area contributed by atoms with Crippen LogP contribution in [0.1, 0.15) is 10.5 Å². The second-order valence-corrected chi connectivity index (χ2v) is 3.66. The van der Waals surface area contributed by atoms with Gasteiger partial charge in [0.05, 0.1) is 16.4 Å². The summed E-state index contributed by atoms with van der Waals surface area (Å²) in [5.41, 5.74) is 0.717. The smallest absolute Gasteiger partial charge is 0.171 e. The van der Waals surface area contributed by atoms with E-state index in [2.05, 4.69) is 26.2 Å². The van der Waals surface area contributed by atoms with E-state index in [1.807, 2.05) is 0 Å². The molecule has 0 saturated carbocycles. The number of carbonyl (C=O) groups excluding carboxylic acids is 1. The molecule has 1 aromatic carbocycles. The highest BCUT2D eigenvalue weighted by atomic mass is 79.9. The van der Waals surface area contributed by atoms with Crippen molar-refractivity contribution in [2.45, 2.75) is 0 Å². The van der Waals surface area contributed by atoms with E-state index in [0.717, 1.165) is 0 Å². The third-order valence-electron chi connectivity index (χ3n) is 1.80. The normalized spacial score (nSPS) is 10.3. The summed E-state index contributed by atoms with van der Waals surface area (Å²) in [5, 5.41) is 7.26. The number of hydrogen-bond donors (Lipinski definition) is 0. The molecule has 1 aromatic heterocycles. The van der Waals surface area contributed by atoms with Crippen LogP contribution in [0.25, 0.3) is 5.69 Å². The Bertz CT molecular complexity index is 512. The summed E-state index contributed by atoms with van der Waals surface area (Å²) >= 11 is 3.04. The maximum atomic E-state index is 13.2. The lowest BCUT2D eigenvalue weighted by molar-refractivity contribution is 0.111. The van der Waals surface area contributed by atoms with Gasteiger partial charge in [0.25, 0.3) is 0 Å². The number of hydrogen-bond acceptors (Lipinski definition) is 3. The van der Waals surface area contributed by atoms with Crippen molar-refractivity contribution in [1.29, 1.82) is 0 Å². The van der Waals surface area contributed by atoms with Gasteiger partial charge in [0.1, 0.15) is 11.5 Å². The van der Waals surface area contributed by atoms with E-state index in [-0.39, 0.29) is 5.69 Å². The molecule has 0 saturated heterocycles. The number of benzene rings is 1. The number of carbonyl (C=O) groups is 1. The quantitative estimate of drug-likeness (QED) is 0.784. The molecule has 2 aromatic rings. The van der Waals surface area contributed by atoms with E-state index in [1.165, 1.54) is 16.9 Å². The highest BCUT2D eigenvalue weighted by molar-refractivity contribution is 9.10. The van der Waals surface area contributed by atoms with Gasteiger partial charge in [-0.1, -0.05) is 5.21 Å². The maximum absolute atomic E-state index is 13.2. The minimum absolute atomic E-state index is 0.207. The van der Waals surface area contributed by atoms with Crippen molar-refractivity contribution >= 4 is 22.2 Å². The van der Waals surface area contributed by atoms with E-state index < -0.39 is 5.82 Å². The average molecular weight is 270 g/mol. The Balaban J connectivity index is 2.44. The topological polar surface area (TPSA) is 47.8 Å². The van der Waals surface area contributed by atoms with Crippen molar-refractivity contribution < 1.29 is 9.18 Å². The summed E-state index contributed by atoms with van der Waals surface area (Å²) < 4.78 is 14.9. The first kappa shape index (κ1) is 9.97. The molecular formula is C9H5BrFN3O. The molecule has 6 heteroatoms. The van der Waals surface area contributed by atoms with Gasteiger partial charge in [-0.25, -0.2) is 9.07 Å². The van der Waals surface area contributed by atoms with Crippen molar-refractivity contribution in [3.63, 3.8) is 0 Å². The predicted molar refractivity (Wildman–Crippen MR) is 54.4 cm³/mol. The van der Waals surface area contributed by atoms with Gasteiger partial charge >= 0.3 is 0 Å². The van der Waals surface area contributed by atoms with Crippen LogP contribution in [0, 0.1) is 5.82 Å². The molecule has 0 amide bonds. The summed E-state index contributed by atoms with van der Waals surface area (Å²) in [7, 11) is 0. The molecule has 0 bridgehead atoms. The zero-order chi connectivity index (χ0) is 10.8. The first-order valence-corrected chi connectivity index (χ1v) is 4.83. The summed E-state index contributed by atoms with van der Waals surface area (Å²) in [6.45, 7) is 0. The Kier molecular flexibility index (Phi) is 2.59. The molecule has 76 valence electrons. The Morgan fingerprint density at radius 1 is 1.47 bits per heavy atom. The standard InChI is InChI=1S/C9H5BrFN3O/c10-8-2-1-7(3-9(8)11)14-4-6(5-15)12-13-14/h1-5H. The van der Waals surface area contributed by atoms with Gasteiger partial charge in [-0.15, -0.1) is 5.10 Å². The van der Waals surface area contributed by atoms with Gasteiger partial charge < -0.3 is 0 Å². The van der Waals surface area contributed by atoms with E-state index in [9.17, 15) is 9.18 Å². The lowest BCUT2D eigenvalue weighted by Gasteiger charge is -2.00. The van der Waals surface area contributed by atoms with Crippen molar-refractivity contribution in [3.05, 3.63) is 40.4 Å². The second-order valence-electron chi connectivity index (χ2n) is 2.80. The molecule has 0 spiro atoms. The third kappa shape index (κ3) is 1.94. The van der Waals surface area contributed by atoms with Gasteiger partial charge in [-0.3, -0.25) is 4.79 Å². The summed E-state index contributed by atoms with van der Waals surface area (Å²) in [6, 6.07) is 4.52. The molecule has 0 fully saturated rings. The predicted octanol–water partition coefficient (Wildman–Crippen LogP) is 1.98. The van der Waals surface area contributed by atoms with Crippen LogP contribution in [0.3, 0.4) is 0 Å². The van der Waals surface area contributed by atoms with Crippen LogP contribution in [0.2, 0.25) is 0 Å². The van der Waals surface area contributed by atoms with Crippen molar-refractivity contribution in [2.24, 2.45) is 0 Å². The fraction of sp³-hybridized carbons (Fsp3) is 0. The molecule has 4 nitrogen and oxygen atoms in total. The maximum Gasteiger partial charge on any atom is 0.171 e. The van der Waals surface area contributed by atoms with E-state index >= 15 is 0 Å². The molecule has 0 aliphatic rings. The van der Waals surface area contributed by atoms with Crippen LogP contribution in [-0.4, -0.2) is 21.3 Å². The Morgan fingerprint density at radius 3 is 2.87 bits per heavy atom. The van der Waals surface area contributed by atoms with E-state index in [1.54, 1.807) is 12.1 Å². The largest absolute Gasteiger partial charge is 0.296 e. The monoisotopic (exact) mass is 269 g/mol. The molecule has 0 unspecified atom stereocenters. The SMILES string of the molecule is O=Cc1cn(-c2ccc(Br)c(F)c2)nn1. The summed E-state index contributed by atoms with van der Waals surface area (Å²) in [5.74, 6) is -0.393. The number of aldehydes is 1. The van der Waals surface area contributed by atoms with Crippen LogP contribution in [0.4, 0.5) is 4.39 Å². The fourth-order valence-corrected chi connectivity index (χ4v) is 1.33. The van der Waals surface area contributed by atoms with Gasteiger partial charge in [0.2, 0.25) is 0 Å². The van der Waals surface area contributed by atoms with Crippen molar-refractivity contribution in [2.75, 3.05) is 0 Å². The van der Waals surface area contributed by atoms with Gasteiger partial charge in [-0.2, -0.15) is 0 Å². The van der Waals surface area contributed by atoms with E-state index in [0.29, 0.717) is 16.4 Å². The zero-order valence-electron chi connectivity index (χ0n) is 7.39. The second kappa shape index (κ2) is 3.90. The van der Waals surface area contributed by atoms with Gasteiger partial charge in [-0.05, 0) is 28.1 Å². The molecule has 1 heterocycles. The van der Waals surface area contributed by atoms with Crippen LogP contribution in [-0.2, 0) is 0 Å². The average Bonchev–Trinajstić information content (AvgIpc) is 2.70. The zero-order valence-corrected chi connectivity index (χ0v) is 8.98. The highest BCUT2D eigenvalue weighted by Crippen LogP contribution is 2.18. The van der Waals surface area contributed by atoms with Crippen molar-refractivity contribution in [1.82, 2.24) is 15.0 Å². The molecule has 0 radical (unpaired) electrons. The van der Waals surface area contributed by atoms with Crippen molar-refractivity contribution in [3.8, 4) is 5.69 Å². The van der Waals surface area contributed by atoms with Crippen LogP contribution in [0.15, 0.2) is 28.9 Å². The number of halogens is 2. The lowest BCUT2D eigenvalue weighted by atomic mass is 10.3. The third-order valence-corrected chi connectivity index (χ3v) is 2.44. The number of aromatic nitrogens is 3. The minimum atomic E-state index is -0.393. The molecule has 0 aliphatic carbocycles. The highest BCUT2D eigenvalue weighted by Gasteiger charge is 2.04. The minimum Gasteiger partial charge on any atom is -0.296 e. The molecule has 2 rings (SSSR count). The van der Waals surface area contributed by atoms with Crippen LogP contribution >= 0.6 is 15.9 Å². The van der Waals surface area contributed by atoms with Crippen LogP contribution < -0.4 is 0 Å². The molecule has 15 heavy (non-hydrogen) atoms. The first-order valence-electron chi connectivity index (χ1n) is 4.03. The number of rotatable bonds is 2. The fourth-order valence-electron chi connectivity index (χ4n) is 1.08. The Hall–Kier alpha value is -1.56. The molecule has 0 N–H and O–H groups in total. The molecule has 0 atom stereocenters. The number of nitrogens with zero attached hydrogens (tertiary/aromatic N) is 3. The lowest BCUT2D eigenvalue weighted by Crippen LogP contribution is -1.95. The summed E-state index contributed by atoms with van der Waals surface area (Å²) in [4.78, 5) is 10.4. The van der Waals surface area contributed by atoms with E-state index in [4.69, 9.17) is 0 Å². The summed E-state index contributed by atoms with van der Waals surface area (Å²) in [6.07, 6.45) is 2.01. The first-order chi connectivity index (χ1) is 7.20. The van der Waals surface area contributed by atoms with Gasteiger partial charge in [0.15, 0.2) is 6.29 Å². The molecule has 0 aliphatic heterocycles. The Labute approximate surface area is 92.8 Å². The van der Waals surface area contributed by atoms with Crippen LogP contribution in [0.5, 0.6) is 0 Å².